The molecule has 0 aromatic heterocycles. The number of nitrogens with one attached hydrogen (secondary N) is 1. The smallest absolute Gasteiger partial charge is 0.250 e. The lowest BCUT2D eigenvalue weighted by molar-refractivity contribution is -0.137. The highest BCUT2D eigenvalue weighted by atomic mass is 32.2. The van der Waals surface area contributed by atoms with E-state index in [9.17, 15) is 26.0 Å². The van der Waals surface area contributed by atoms with Crippen LogP contribution in [0.15, 0.2) is 29.2 Å². The minimum Gasteiger partial charge on any atom is -0.250 e. The molecule has 0 amide bonds. The first-order valence-electron chi connectivity index (χ1n) is 4.50. The first kappa shape index (κ1) is 13.9. The van der Waals surface area contributed by atoms with Crippen LogP contribution in [0.1, 0.15) is 5.56 Å². The molecule has 0 bridgehead atoms. The molecule has 17 heavy (non-hydrogen) atoms. The SMILES string of the molecule is O=S(=O)(NCCF)c1cccc(C(F)(F)F)c1. The number of benzene rings is 1. The lowest BCUT2D eigenvalue weighted by atomic mass is 10.2. The van der Waals surface area contributed by atoms with E-state index in [1.54, 1.807) is 0 Å². The van der Waals surface area contributed by atoms with Gasteiger partial charge in [-0.1, -0.05) is 6.07 Å². The molecule has 1 aromatic rings. The summed E-state index contributed by atoms with van der Waals surface area (Å²) in [5.74, 6) is 0. The largest absolute Gasteiger partial charge is 0.416 e. The van der Waals surface area contributed by atoms with Crippen molar-refractivity contribution in [1.82, 2.24) is 4.72 Å². The van der Waals surface area contributed by atoms with Gasteiger partial charge < -0.3 is 0 Å². The Morgan fingerprint density at radius 3 is 2.41 bits per heavy atom. The van der Waals surface area contributed by atoms with E-state index in [4.69, 9.17) is 0 Å². The van der Waals surface area contributed by atoms with E-state index < -0.39 is 39.9 Å². The summed E-state index contributed by atoms with van der Waals surface area (Å²) >= 11 is 0. The summed E-state index contributed by atoms with van der Waals surface area (Å²) in [5, 5.41) is 0. The zero-order chi connectivity index (χ0) is 13.1. The van der Waals surface area contributed by atoms with Gasteiger partial charge in [0.2, 0.25) is 10.0 Å². The number of halogens is 4. The maximum atomic E-state index is 12.3. The van der Waals surface area contributed by atoms with Gasteiger partial charge in [0.25, 0.3) is 0 Å². The van der Waals surface area contributed by atoms with Gasteiger partial charge in [-0.05, 0) is 18.2 Å². The topological polar surface area (TPSA) is 46.2 Å². The van der Waals surface area contributed by atoms with E-state index in [0.717, 1.165) is 18.2 Å². The summed E-state index contributed by atoms with van der Waals surface area (Å²) in [4.78, 5) is -0.541. The Balaban J connectivity index is 3.08. The van der Waals surface area contributed by atoms with Gasteiger partial charge >= 0.3 is 6.18 Å². The van der Waals surface area contributed by atoms with Crippen molar-refractivity contribution in [2.24, 2.45) is 0 Å². The number of hydrogen-bond acceptors (Lipinski definition) is 2. The van der Waals surface area contributed by atoms with Crippen molar-refractivity contribution >= 4 is 10.0 Å². The van der Waals surface area contributed by atoms with E-state index in [0.29, 0.717) is 6.07 Å². The predicted molar refractivity (Wildman–Crippen MR) is 52.6 cm³/mol. The number of rotatable bonds is 4. The minimum atomic E-state index is -4.62. The third-order valence-electron chi connectivity index (χ3n) is 1.86. The zero-order valence-electron chi connectivity index (χ0n) is 8.46. The summed E-state index contributed by atoms with van der Waals surface area (Å²) in [6.45, 7) is -1.41. The van der Waals surface area contributed by atoms with E-state index in [1.165, 1.54) is 0 Å². The predicted octanol–water partition coefficient (Wildman–Crippen LogP) is 1.95. The summed E-state index contributed by atoms with van der Waals surface area (Å²) in [6, 6.07) is 3.25. The molecule has 0 fully saturated rings. The molecule has 0 aliphatic carbocycles. The van der Waals surface area contributed by atoms with Crippen LogP contribution in [0.3, 0.4) is 0 Å². The van der Waals surface area contributed by atoms with E-state index in [-0.39, 0.29) is 0 Å². The first-order chi connectivity index (χ1) is 7.77. The van der Waals surface area contributed by atoms with Crippen LogP contribution in [-0.2, 0) is 16.2 Å². The molecule has 1 rings (SSSR count). The molecule has 0 unspecified atom stereocenters. The standard InChI is InChI=1S/C9H9F4NO2S/c10-4-5-14-17(15,16)8-3-1-2-7(6-8)9(11,12)13/h1-3,6,14H,4-5H2. The fourth-order valence-corrected chi connectivity index (χ4v) is 2.15. The third-order valence-corrected chi connectivity index (χ3v) is 3.32. The molecule has 1 aromatic carbocycles. The van der Waals surface area contributed by atoms with Crippen molar-refractivity contribution in [2.45, 2.75) is 11.1 Å². The normalized spacial score (nSPS) is 12.7. The van der Waals surface area contributed by atoms with Crippen LogP contribution in [0.2, 0.25) is 0 Å². The Morgan fingerprint density at radius 2 is 1.88 bits per heavy atom. The molecule has 0 atom stereocenters. The van der Waals surface area contributed by atoms with Gasteiger partial charge in [-0.3, -0.25) is 0 Å². The van der Waals surface area contributed by atoms with Gasteiger partial charge in [-0.2, -0.15) is 13.2 Å². The maximum absolute atomic E-state index is 12.3. The molecule has 0 saturated heterocycles. The van der Waals surface area contributed by atoms with E-state index in [2.05, 4.69) is 0 Å². The molecular formula is C9H9F4NO2S. The van der Waals surface area contributed by atoms with Gasteiger partial charge in [0.1, 0.15) is 6.67 Å². The van der Waals surface area contributed by atoms with Crippen molar-refractivity contribution in [3.63, 3.8) is 0 Å². The molecule has 8 heteroatoms. The molecule has 3 nitrogen and oxygen atoms in total. The Morgan fingerprint density at radius 1 is 1.24 bits per heavy atom. The van der Waals surface area contributed by atoms with Crippen LogP contribution in [0.25, 0.3) is 0 Å². The van der Waals surface area contributed by atoms with Crippen molar-refractivity contribution in [3.05, 3.63) is 29.8 Å². The van der Waals surface area contributed by atoms with Gasteiger partial charge in [-0.15, -0.1) is 0 Å². The average molecular weight is 271 g/mol. The second kappa shape index (κ2) is 5.01. The molecule has 0 saturated carbocycles. The highest BCUT2D eigenvalue weighted by molar-refractivity contribution is 7.89. The van der Waals surface area contributed by atoms with Gasteiger partial charge in [-0.25, -0.2) is 17.5 Å². The first-order valence-corrected chi connectivity index (χ1v) is 5.98. The van der Waals surface area contributed by atoms with Gasteiger partial charge in [0, 0.05) is 6.54 Å². The highest BCUT2D eigenvalue weighted by Gasteiger charge is 2.31. The zero-order valence-corrected chi connectivity index (χ0v) is 9.28. The number of sulfonamides is 1. The monoisotopic (exact) mass is 271 g/mol. The molecule has 0 heterocycles. The fourth-order valence-electron chi connectivity index (χ4n) is 1.10. The van der Waals surface area contributed by atoms with Crippen LogP contribution in [0.4, 0.5) is 17.6 Å². The number of alkyl halides is 4. The van der Waals surface area contributed by atoms with Crippen molar-refractivity contribution in [1.29, 1.82) is 0 Å². The summed E-state index contributed by atoms with van der Waals surface area (Å²) in [7, 11) is -4.10. The molecule has 0 radical (unpaired) electrons. The summed E-state index contributed by atoms with van der Waals surface area (Å²) in [6.07, 6.45) is -4.62. The molecule has 0 spiro atoms. The summed E-state index contributed by atoms with van der Waals surface area (Å²) < 4.78 is 73.5. The van der Waals surface area contributed by atoms with Crippen molar-refractivity contribution in [3.8, 4) is 0 Å². The average Bonchev–Trinajstić information content (AvgIpc) is 2.25. The van der Waals surface area contributed by atoms with Crippen molar-refractivity contribution < 1.29 is 26.0 Å². The highest BCUT2D eigenvalue weighted by Crippen LogP contribution is 2.30. The van der Waals surface area contributed by atoms with E-state index >= 15 is 0 Å². The lowest BCUT2D eigenvalue weighted by Crippen LogP contribution is -2.26. The van der Waals surface area contributed by atoms with Gasteiger partial charge in [0.05, 0.1) is 10.5 Å². The second-order valence-electron chi connectivity index (χ2n) is 3.11. The van der Waals surface area contributed by atoms with Crippen LogP contribution < -0.4 is 4.72 Å². The van der Waals surface area contributed by atoms with Crippen LogP contribution in [0, 0.1) is 0 Å². The number of hydrogen-bond donors (Lipinski definition) is 1. The Labute approximate surface area is 95.5 Å². The molecule has 0 aliphatic heterocycles. The Bertz CT molecular complexity index is 484. The molecular weight excluding hydrogens is 262 g/mol. The van der Waals surface area contributed by atoms with Crippen LogP contribution in [-0.4, -0.2) is 21.6 Å². The Hall–Kier alpha value is -1.15. The third kappa shape index (κ3) is 3.67. The molecule has 0 aliphatic rings. The minimum absolute atomic E-state index is 0.474. The second-order valence-corrected chi connectivity index (χ2v) is 4.88. The van der Waals surface area contributed by atoms with Crippen LogP contribution >= 0.6 is 0 Å². The molecule has 96 valence electrons. The van der Waals surface area contributed by atoms with E-state index in [1.807, 2.05) is 4.72 Å². The summed E-state index contributed by atoms with van der Waals surface area (Å²) in [5.41, 5.74) is -1.07. The van der Waals surface area contributed by atoms with Crippen molar-refractivity contribution in [2.75, 3.05) is 13.2 Å². The fraction of sp³-hybridized carbons (Fsp3) is 0.333. The lowest BCUT2D eigenvalue weighted by Gasteiger charge is -2.09. The van der Waals surface area contributed by atoms with Gasteiger partial charge in [0.15, 0.2) is 0 Å². The van der Waals surface area contributed by atoms with Crippen LogP contribution in [0.5, 0.6) is 0 Å². The quantitative estimate of drug-likeness (QED) is 0.851. The maximum Gasteiger partial charge on any atom is 0.416 e. The molecule has 1 N–H and O–H groups in total. The Kier molecular flexibility index (Phi) is 4.10.